The van der Waals surface area contributed by atoms with Crippen molar-refractivity contribution in [3.63, 3.8) is 0 Å². The minimum absolute atomic E-state index is 0.118. The molecule has 3 heteroatoms. The molecule has 1 aromatic rings. The third-order valence-corrected chi connectivity index (χ3v) is 3.81. The van der Waals surface area contributed by atoms with Crippen molar-refractivity contribution in [2.45, 2.75) is 38.6 Å². The molecule has 1 unspecified atom stereocenters. The third-order valence-electron chi connectivity index (χ3n) is 3.81. The van der Waals surface area contributed by atoms with Gasteiger partial charge in [0.25, 0.3) is 0 Å². The average Bonchev–Trinajstić information content (AvgIpc) is 2.87. The number of amides is 1. The Morgan fingerprint density at radius 2 is 2.05 bits per heavy atom. The lowest BCUT2D eigenvalue weighted by Gasteiger charge is -2.22. The fourth-order valence-electron chi connectivity index (χ4n) is 2.80. The second-order valence-electron chi connectivity index (χ2n) is 5.92. The second-order valence-corrected chi connectivity index (χ2v) is 5.92. The normalized spacial score (nSPS) is 20.8. The zero-order valence-electron chi connectivity index (χ0n) is 11.9. The largest absolute Gasteiger partial charge is 0.341 e. The van der Waals surface area contributed by atoms with E-state index in [9.17, 15) is 4.79 Å². The molecule has 0 radical (unpaired) electrons. The third kappa shape index (κ3) is 3.57. The molecule has 0 aliphatic carbocycles. The molecule has 104 valence electrons. The van der Waals surface area contributed by atoms with Gasteiger partial charge in [0.05, 0.1) is 6.04 Å². The minimum atomic E-state index is -0.338. The van der Waals surface area contributed by atoms with Gasteiger partial charge in [0.1, 0.15) is 0 Å². The Hall–Kier alpha value is -1.35. The number of nitrogens with two attached hydrogens (primary N) is 1. The van der Waals surface area contributed by atoms with Crippen LogP contribution in [-0.4, -0.2) is 29.9 Å². The quantitative estimate of drug-likeness (QED) is 0.903. The van der Waals surface area contributed by atoms with Crippen molar-refractivity contribution in [2.24, 2.45) is 11.7 Å². The van der Waals surface area contributed by atoms with Crippen molar-refractivity contribution in [3.05, 3.63) is 35.9 Å². The SMILES string of the molecule is CC(C)C[C@H](N)C(=O)N1CCC(c2ccccc2)C1. The van der Waals surface area contributed by atoms with E-state index in [1.165, 1.54) is 5.56 Å². The maximum absolute atomic E-state index is 12.3. The van der Waals surface area contributed by atoms with Crippen LogP contribution in [-0.2, 0) is 4.79 Å². The Kier molecular flexibility index (Phi) is 4.59. The van der Waals surface area contributed by atoms with Crippen molar-refractivity contribution < 1.29 is 4.79 Å². The lowest BCUT2D eigenvalue weighted by molar-refractivity contribution is -0.131. The number of benzene rings is 1. The number of hydrogen-bond donors (Lipinski definition) is 1. The van der Waals surface area contributed by atoms with Gasteiger partial charge in [-0.2, -0.15) is 0 Å². The van der Waals surface area contributed by atoms with E-state index >= 15 is 0 Å². The van der Waals surface area contributed by atoms with Gasteiger partial charge < -0.3 is 10.6 Å². The molecule has 1 aliphatic rings. The summed E-state index contributed by atoms with van der Waals surface area (Å²) in [7, 11) is 0. The lowest BCUT2D eigenvalue weighted by Crippen LogP contribution is -2.43. The average molecular weight is 260 g/mol. The molecule has 0 bridgehead atoms. The first-order valence-electron chi connectivity index (χ1n) is 7.17. The zero-order chi connectivity index (χ0) is 13.8. The Balaban J connectivity index is 1.93. The van der Waals surface area contributed by atoms with Crippen LogP contribution in [0.5, 0.6) is 0 Å². The van der Waals surface area contributed by atoms with Gasteiger partial charge in [0, 0.05) is 19.0 Å². The second kappa shape index (κ2) is 6.20. The molecule has 0 aromatic heterocycles. The molecule has 1 fully saturated rings. The number of nitrogens with zero attached hydrogens (tertiary/aromatic N) is 1. The molecule has 3 nitrogen and oxygen atoms in total. The van der Waals surface area contributed by atoms with Crippen LogP contribution in [0.25, 0.3) is 0 Å². The fourth-order valence-corrected chi connectivity index (χ4v) is 2.80. The number of carbonyl (C=O) groups excluding carboxylic acids is 1. The number of hydrogen-bond acceptors (Lipinski definition) is 2. The molecule has 1 amide bonds. The highest BCUT2D eigenvalue weighted by Gasteiger charge is 2.30. The lowest BCUT2D eigenvalue weighted by atomic mass is 9.99. The maximum atomic E-state index is 12.3. The highest BCUT2D eigenvalue weighted by molar-refractivity contribution is 5.82. The van der Waals surface area contributed by atoms with Crippen LogP contribution in [0, 0.1) is 5.92 Å². The Morgan fingerprint density at radius 1 is 1.37 bits per heavy atom. The molecule has 1 aliphatic heterocycles. The van der Waals surface area contributed by atoms with Crippen LogP contribution < -0.4 is 5.73 Å². The summed E-state index contributed by atoms with van der Waals surface area (Å²) in [6.07, 6.45) is 1.81. The summed E-state index contributed by atoms with van der Waals surface area (Å²) >= 11 is 0. The Morgan fingerprint density at radius 3 is 2.68 bits per heavy atom. The van der Waals surface area contributed by atoms with Crippen molar-refractivity contribution in [3.8, 4) is 0 Å². The van der Waals surface area contributed by atoms with Gasteiger partial charge in [0.2, 0.25) is 5.91 Å². The van der Waals surface area contributed by atoms with E-state index in [0.717, 1.165) is 25.9 Å². The zero-order valence-corrected chi connectivity index (χ0v) is 11.9. The summed E-state index contributed by atoms with van der Waals surface area (Å²) in [4.78, 5) is 14.2. The van der Waals surface area contributed by atoms with Crippen molar-refractivity contribution >= 4 is 5.91 Å². The molecular weight excluding hydrogens is 236 g/mol. The summed E-state index contributed by atoms with van der Waals surface area (Å²) in [6, 6.07) is 10.1. The van der Waals surface area contributed by atoms with E-state index in [1.54, 1.807) is 0 Å². The van der Waals surface area contributed by atoms with Crippen LogP contribution in [0.1, 0.15) is 38.2 Å². The van der Waals surface area contributed by atoms with Crippen molar-refractivity contribution in [1.29, 1.82) is 0 Å². The molecule has 1 saturated heterocycles. The maximum Gasteiger partial charge on any atom is 0.239 e. The molecule has 19 heavy (non-hydrogen) atoms. The summed E-state index contributed by atoms with van der Waals surface area (Å²) in [5.41, 5.74) is 7.32. The van der Waals surface area contributed by atoms with E-state index in [4.69, 9.17) is 5.73 Å². The number of rotatable bonds is 4. The van der Waals surface area contributed by atoms with Gasteiger partial charge in [-0.1, -0.05) is 44.2 Å². The van der Waals surface area contributed by atoms with Crippen LogP contribution in [0.3, 0.4) is 0 Å². The van der Waals surface area contributed by atoms with E-state index in [2.05, 4.69) is 38.1 Å². The monoisotopic (exact) mass is 260 g/mol. The summed E-state index contributed by atoms with van der Waals surface area (Å²) in [6.45, 7) is 5.85. The predicted octanol–water partition coefficient (Wildman–Crippen LogP) is 2.38. The summed E-state index contributed by atoms with van der Waals surface area (Å²) in [5, 5.41) is 0. The van der Waals surface area contributed by atoms with Crippen LogP contribution in [0.2, 0.25) is 0 Å². The molecule has 1 aromatic carbocycles. The first-order chi connectivity index (χ1) is 9.08. The van der Waals surface area contributed by atoms with E-state index in [0.29, 0.717) is 11.8 Å². The van der Waals surface area contributed by atoms with Gasteiger partial charge in [-0.3, -0.25) is 4.79 Å². The first kappa shape index (κ1) is 14.1. The molecule has 1 heterocycles. The smallest absolute Gasteiger partial charge is 0.239 e. The highest BCUT2D eigenvalue weighted by Crippen LogP contribution is 2.27. The molecule has 2 atom stereocenters. The van der Waals surface area contributed by atoms with Gasteiger partial charge >= 0.3 is 0 Å². The van der Waals surface area contributed by atoms with Gasteiger partial charge in [-0.15, -0.1) is 0 Å². The molecular formula is C16H24N2O. The van der Waals surface area contributed by atoms with Crippen LogP contribution in [0.15, 0.2) is 30.3 Å². The fraction of sp³-hybridized carbons (Fsp3) is 0.562. The molecule has 2 N–H and O–H groups in total. The first-order valence-corrected chi connectivity index (χ1v) is 7.17. The van der Waals surface area contributed by atoms with Gasteiger partial charge in [-0.05, 0) is 24.3 Å². The van der Waals surface area contributed by atoms with Crippen molar-refractivity contribution in [1.82, 2.24) is 4.90 Å². The molecule has 2 rings (SSSR count). The number of carbonyl (C=O) groups is 1. The Bertz CT molecular complexity index is 416. The summed E-state index contributed by atoms with van der Waals surface area (Å²) in [5.74, 6) is 1.05. The van der Waals surface area contributed by atoms with E-state index < -0.39 is 0 Å². The molecule has 0 spiro atoms. The minimum Gasteiger partial charge on any atom is -0.341 e. The van der Waals surface area contributed by atoms with Crippen molar-refractivity contribution in [2.75, 3.05) is 13.1 Å². The summed E-state index contributed by atoms with van der Waals surface area (Å²) < 4.78 is 0. The molecule has 0 saturated carbocycles. The van der Waals surface area contributed by atoms with Crippen LogP contribution >= 0.6 is 0 Å². The van der Waals surface area contributed by atoms with Crippen LogP contribution in [0.4, 0.5) is 0 Å². The Labute approximate surface area is 115 Å². The van der Waals surface area contributed by atoms with Gasteiger partial charge in [0.15, 0.2) is 0 Å². The van der Waals surface area contributed by atoms with E-state index in [1.807, 2.05) is 11.0 Å². The highest BCUT2D eigenvalue weighted by atomic mass is 16.2. The predicted molar refractivity (Wildman–Crippen MR) is 77.8 cm³/mol. The topological polar surface area (TPSA) is 46.3 Å². The van der Waals surface area contributed by atoms with E-state index in [-0.39, 0.29) is 11.9 Å². The van der Waals surface area contributed by atoms with Gasteiger partial charge in [-0.25, -0.2) is 0 Å². The number of likely N-dealkylation sites (tertiary alicyclic amines) is 1. The standard InChI is InChI=1S/C16H24N2O/c1-12(2)10-15(17)16(19)18-9-8-14(11-18)13-6-4-3-5-7-13/h3-7,12,14-15H,8-11,17H2,1-2H3/t14?,15-/m0/s1.